The molecule has 1 aliphatic heterocycles. The van der Waals surface area contributed by atoms with Gasteiger partial charge in [0, 0.05) is 12.5 Å². The maximum absolute atomic E-state index is 11.9. The van der Waals surface area contributed by atoms with Crippen LogP contribution in [0.4, 0.5) is 0 Å². The molecule has 1 saturated heterocycles. The third-order valence-corrected chi connectivity index (χ3v) is 3.65. The normalized spacial score (nSPS) is 19.1. The van der Waals surface area contributed by atoms with Crippen LogP contribution in [0, 0.1) is 0 Å². The topological polar surface area (TPSA) is 84.2 Å². The van der Waals surface area contributed by atoms with Gasteiger partial charge in [-0.1, -0.05) is 13.8 Å². The Balaban J connectivity index is 0.00000289. The molecule has 0 aromatic carbocycles. The lowest BCUT2D eigenvalue weighted by Crippen LogP contribution is -2.57. The van der Waals surface area contributed by atoms with E-state index in [1.807, 2.05) is 13.8 Å². The standard InChI is InChI=1S/C12H23N3O2.ClH/c1-3-12(4-2,11(13)17)15-10(16)8-9-6-5-7-14-9;/h9,14H,3-8H2,1-2H3,(H2,13,17)(H,15,16);1H. The molecule has 0 radical (unpaired) electrons. The molecule has 0 bridgehead atoms. The first-order chi connectivity index (χ1) is 8.04. The van der Waals surface area contributed by atoms with Crippen molar-refractivity contribution in [2.45, 2.75) is 57.5 Å². The summed E-state index contributed by atoms with van der Waals surface area (Å²) in [6.07, 6.45) is 3.62. The summed E-state index contributed by atoms with van der Waals surface area (Å²) < 4.78 is 0. The Bertz CT molecular complexity index is 287. The summed E-state index contributed by atoms with van der Waals surface area (Å²) in [6, 6.07) is 0.245. The van der Waals surface area contributed by atoms with Crippen molar-refractivity contribution in [1.29, 1.82) is 0 Å². The zero-order chi connectivity index (χ0) is 12.9. The van der Waals surface area contributed by atoms with E-state index in [0.29, 0.717) is 19.3 Å². The molecule has 1 aliphatic rings. The Morgan fingerprint density at radius 3 is 2.39 bits per heavy atom. The molecule has 0 aromatic heterocycles. The van der Waals surface area contributed by atoms with Gasteiger partial charge in [0.05, 0.1) is 0 Å². The number of carbonyl (C=O) groups is 2. The van der Waals surface area contributed by atoms with E-state index in [-0.39, 0.29) is 24.4 Å². The van der Waals surface area contributed by atoms with Gasteiger partial charge in [0.2, 0.25) is 11.8 Å². The highest BCUT2D eigenvalue weighted by atomic mass is 35.5. The third-order valence-electron chi connectivity index (χ3n) is 3.65. The van der Waals surface area contributed by atoms with Crippen molar-refractivity contribution < 1.29 is 9.59 Å². The van der Waals surface area contributed by atoms with E-state index in [2.05, 4.69) is 10.6 Å². The summed E-state index contributed by atoms with van der Waals surface area (Å²) in [7, 11) is 0. The predicted molar refractivity (Wildman–Crippen MR) is 73.5 cm³/mol. The van der Waals surface area contributed by atoms with Crippen LogP contribution < -0.4 is 16.4 Å². The van der Waals surface area contributed by atoms with Crippen molar-refractivity contribution in [1.82, 2.24) is 10.6 Å². The Morgan fingerprint density at radius 2 is 2.00 bits per heavy atom. The predicted octanol–water partition coefficient (Wildman–Crippen LogP) is 0.711. The van der Waals surface area contributed by atoms with Gasteiger partial charge in [0.1, 0.15) is 5.54 Å². The van der Waals surface area contributed by atoms with E-state index < -0.39 is 11.4 Å². The summed E-state index contributed by atoms with van der Waals surface area (Å²) in [5, 5.41) is 6.06. The second kappa shape index (κ2) is 7.59. The molecule has 1 unspecified atom stereocenters. The Hall–Kier alpha value is -0.810. The summed E-state index contributed by atoms with van der Waals surface area (Å²) in [4.78, 5) is 23.3. The fraction of sp³-hybridized carbons (Fsp3) is 0.833. The van der Waals surface area contributed by atoms with Crippen LogP contribution in [0.2, 0.25) is 0 Å². The molecule has 1 rings (SSSR count). The van der Waals surface area contributed by atoms with E-state index in [1.165, 1.54) is 0 Å². The molecule has 1 fully saturated rings. The molecule has 0 saturated carbocycles. The number of hydrogen-bond donors (Lipinski definition) is 3. The first kappa shape index (κ1) is 17.2. The van der Waals surface area contributed by atoms with Crippen LogP contribution in [-0.2, 0) is 9.59 Å². The number of carbonyl (C=O) groups excluding carboxylic acids is 2. The van der Waals surface area contributed by atoms with Crippen molar-refractivity contribution >= 4 is 24.2 Å². The highest BCUT2D eigenvalue weighted by Gasteiger charge is 2.34. The monoisotopic (exact) mass is 277 g/mol. The lowest BCUT2D eigenvalue weighted by molar-refractivity contribution is -0.132. The average Bonchev–Trinajstić information content (AvgIpc) is 2.78. The number of halogens is 1. The summed E-state index contributed by atoms with van der Waals surface area (Å²) in [5.74, 6) is -0.540. The van der Waals surface area contributed by atoms with Crippen LogP contribution in [0.1, 0.15) is 46.0 Å². The maximum Gasteiger partial charge on any atom is 0.243 e. The molecule has 0 aliphatic carbocycles. The van der Waals surface area contributed by atoms with Gasteiger partial charge in [0.25, 0.3) is 0 Å². The van der Waals surface area contributed by atoms with Gasteiger partial charge in [-0.05, 0) is 32.2 Å². The van der Waals surface area contributed by atoms with Crippen LogP contribution in [0.25, 0.3) is 0 Å². The molecule has 1 heterocycles. The van der Waals surface area contributed by atoms with Crippen molar-refractivity contribution in [3.05, 3.63) is 0 Å². The molecule has 0 spiro atoms. The van der Waals surface area contributed by atoms with Crippen LogP contribution in [0.3, 0.4) is 0 Å². The molecule has 18 heavy (non-hydrogen) atoms. The Kier molecular flexibility index (Phi) is 7.25. The Morgan fingerprint density at radius 1 is 1.39 bits per heavy atom. The SMILES string of the molecule is CCC(CC)(NC(=O)CC1CCCN1)C(N)=O.Cl. The van der Waals surface area contributed by atoms with Crippen molar-refractivity contribution in [3.63, 3.8) is 0 Å². The number of nitrogens with two attached hydrogens (primary N) is 1. The lowest BCUT2D eigenvalue weighted by atomic mass is 9.91. The first-order valence-electron chi connectivity index (χ1n) is 6.38. The van der Waals surface area contributed by atoms with E-state index in [0.717, 1.165) is 19.4 Å². The van der Waals surface area contributed by atoms with E-state index >= 15 is 0 Å². The van der Waals surface area contributed by atoms with E-state index in [4.69, 9.17) is 5.73 Å². The minimum atomic E-state index is -0.879. The van der Waals surface area contributed by atoms with Crippen LogP contribution in [0.5, 0.6) is 0 Å². The molecule has 1 atom stereocenters. The lowest BCUT2D eigenvalue weighted by Gasteiger charge is -2.29. The fourth-order valence-corrected chi connectivity index (χ4v) is 2.31. The number of primary amides is 1. The molecule has 6 heteroatoms. The summed E-state index contributed by atoms with van der Waals surface area (Å²) >= 11 is 0. The zero-order valence-electron chi connectivity index (χ0n) is 11.1. The van der Waals surface area contributed by atoms with Gasteiger partial charge < -0.3 is 16.4 Å². The second-order valence-electron chi connectivity index (χ2n) is 4.70. The van der Waals surface area contributed by atoms with Gasteiger partial charge in [-0.3, -0.25) is 9.59 Å². The minimum Gasteiger partial charge on any atom is -0.368 e. The zero-order valence-corrected chi connectivity index (χ0v) is 11.9. The smallest absolute Gasteiger partial charge is 0.243 e. The highest BCUT2D eigenvalue weighted by molar-refractivity contribution is 5.90. The van der Waals surface area contributed by atoms with Gasteiger partial charge in [-0.15, -0.1) is 12.4 Å². The van der Waals surface area contributed by atoms with Gasteiger partial charge in [-0.2, -0.15) is 0 Å². The first-order valence-corrected chi connectivity index (χ1v) is 6.38. The quantitative estimate of drug-likeness (QED) is 0.669. The number of amides is 2. The minimum absolute atomic E-state index is 0. The largest absolute Gasteiger partial charge is 0.368 e. The molecule has 106 valence electrons. The third kappa shape index (κ3) is 4.14. The van der Waals surface area contributed by atoms with Crippen LogP contribution in [0.15, 0.2) is 0 Å². The molecule has 2 amide bonds. The molecule has 4 N–H and O–H groups in total. The van der Waals surface area contributed by atoms with E-state index in [1.54, 1.807) is 0 Å². The van der Waals surface area contributed by atoms with Gasteiger partial charge >= 0.3 is 0 Å². The number of nitrogens with one attached hydrogen (secondary N) is 2. The average molecular weight is 278 g/mol. The molecule has 0 aromatic rings. The van der Waals surface area contributed by atoms with Crippen molar-refractivity contribution in [2.24, 2.45) is 5.73 Å². The Labute approximate surface area is 115 Å². The maximum atomic E-state index is 11.9. The molecular formula is C12H24ClN3O2. The molecular weight excluding hydrogens is 254 g/mol. The van der Waals surface area contributed by atoms with Gasteiger partial charge in [-0.25, -0.2) is 0 Å². The van der Waals surface area contributed by atoms with Crippen molar-refractivity contribution in [2.75, 3.05) is 6.54 Å². The molecule has 5 nitrogen and oxygen atoms in total. The fourth-order valence-electron chi connectivity index (χ4n) is 2.31. The summed E-state index contributed by atoms with van der Waals surface area (Å²) in [5.41, 5.74) is 4.50. The highest BCUT2D eigenvalue weighted by Crippen LogP contribution is 2.16. The van der Waals surface area contributed by atoms with E-state index in [9.17, 15) is 9.59 Å². The summed E-state index contributed by atoms with van der Waals surface area (Å²) in [6.45, 7) is 4.70. The van der Waals surface area contributed by atoms with Crippen LogP contribution >= 0.6 is 12.4 Å². The van der Waals surface area contributed by atoms with Gasteiger partial charge in [0.15, 0.2) is 0 Å². The number of rotatable bonds is 6. The number of hydrogen-bond acceptors (Lipinski definition) is 3. The van der Waals surface area contributed by atoms with Crippen LogP contribution in [-0.4, -0.2) is 29.9 Å². The van der Waals surface area contributed by atoms with Crippen molar-refractivity contribution in [3.8, 4) is 0 Å². The second-order valence-corrected chi connectivity index (χ2v) is 4.70.